The van der Waals surface area contributed by atoms with Crippen LogP contribution in [0.15, 0.2) is 89.8 Å². The largest absolute Gasteiger partial charge is 0.452 e. The molecule has 1 heterocycles. The van der Waals surface area contributed by atoms with Crippen molar-refractivity contribution in [2.24, 2.45) is 5.92 Å². The van der Waals surface area contributed by atoms with Crippen LogP contribution in [0.25, 0.3) is 0 Å². The minimum Gasteiger partial charge on any atom is -0.452 e. The van der Waals surface area contributed by atoms with Gasteiger partial charge in [0.1, 0.15) is 23.9 Å². The van der Waals surface area contributed by atoms with Crippen LogP contribution in [0.4, 0.5) is 0 Å². The molecule has 1 aliphatic heterocycles. The number of carbonyl (C=O) groups is 2. The predicted molar refractivity (Wildman–Crippen MR) is 137 cm³/mol. The molecule has 0 aromatic heterocycles. The fraction of sp³-hybridized carbons (Fsp3) is 0.286. The number of esters is 2. The van der Waals surface area contributed by atoms with Crippen molar-refractivity contribution < 1.29 is 46.2 Å². The molecule has 0 bridgehead atoms. The first-order valence-corrected chi connectivity index (χ1v) is 13.5. The van der Waals surface area contributed by atoms with Crippen LogP contribution in [0.1, 0.15) is 15.9 Å². The predicted octanol–water partition coefficient (Wildman–Crippen LogP) is 2.88. The van der Waals surface area contributed by atoms with Gasteiger partial charge in [-0.25, -0.2) is 4.79 Å². The summed E-state index contributed by atoms with van der Waals surface area (Å²) in [4.78, 5) is 26.4. The van der Waals surface area contributed by atoms with Crippen molar-refractivity contribution in [3.63, 3.8) is 0 Å². The number of para-hydroxylation sites is 1. The van der Waals surface area contributed by atoms with Crippen LogP contribution in [-0.4, -0.2) is 63.8 Å². The van der Waals surface area contributed by atoms with Crippen LogP contribution in [-0.2, 0) is 33.3 Å². The zero-order valence-electron chi connectivity index (χ0n) is 21.2. The minimum absolute atomic E-state index is 0.164. The Hall–Kier alpha value is -3.61. The highest BCUT2D eigenvalue weighted by Crippen LogP contribution is 2.35. The molecule has 3 aromatic rings. The van der Waals surface area contributed by atoms with E-state index in [-0.39, 0.29) is 16.2 Å². The Morgan fingerprint density at radius 1 is 0.897 bits per heavy atom. The lowest BCUT2D eigenvalue weighted by atomic mass is 9.88. The normalized spacial score (nSPS) is 23.1. The van der Waals surface area contributed by atoms with E-state index in [0.29, 0.717) is 0 Å². The molecule has 0 saturated carbocycles. The fourth-order valence-electron chi connectivity index (χ4n) is 4.12. The second-order valence-corrected chi connectivity index (χ2v) is 10.4. The van der Waals surface area contributed by atoms with E-state index in [1.807, 2.05) is 0 Å². The Kier molecular flexibility index (Phi) is 9.10. The summed E-state index contributed by atoms with van der Waals surface area (Å²) < 4.78 is 54.3. The number of rotatable bonds is 9. The van der Waals surface area contributed by atoms with Gasteiger partial charge in [0.25, 0.3) is 10.1 Å². The van der Waals surface area contributed by atoms with Crippen molar-refractivity contribution in [3.05, 3.63) is 96.1 Å². The molecule has 11 heteroatoms. The molecule has 1 fully saturated rings. The molecule has 0 spiro atoms. The number of ether oxygens (including phenoxy) is 4. The fourth-order valence-corrected chi connectivity index (χ4v) is 5.23. The summed E-state index contributed by atoms with van der Waals surface area (Å²) in [7, 11) is -3.21. The Morgan fingerprint density at radius 3 is 2.10 bits per heavy atom. The maximum absolute atomic E-state index is 13.6. The molecule has 1 N–H and O–H groups in total. The maximum atomic E-state index is 13.6. The highest BCUT2D eigenvalue weighted by atomic mass is 32.2. The lowest BCUT2D eigenvalue weighted by Crippen LogP contribution is -2.61. The number of benzene rings is 3. The van der Waals surface area contributed by atoms with Gasteiger partial charge in [-0.2, -0.15) is 8.42 Å². The third-order valence-electron chi connectivity index (χ3n) is 6.10. The molecule has 0 aliphatic carbocycles. The van der Waals surface area contributed by atoms with Gasteiger partial charge in [0.15, 0.2) is 12.4 Å². The molecule has 3 aromatic carbocycles. The number of methoxy groups -OCH3 is 1. The summed E-state index contributed by atoms with van der Waals surface area (Å²) >= 11 is 0. The van der Waals surface area contributed by atoms with Gasteiger partial charge >= 0.3 is 11.9 Å². The smallest absolute Gasteiger partial charge is 0.338 e. The first-order valence-electron chi connectivity index (χ1n) is 12.1. The summed E-state index contributed by atoms with van der Waals surface area (Å²) in [6.07, 6.45) is -5.85. The molecule has 4 rings (SSSR count). The quantitative estimate of drug-likeness (QED) is 0.238. The third-order valence-corrected chi connectivity index (χ3v) is 7.42. The summed E-state index contributed by atoms with van der Waals surface area (Å²) in [5.41, 5.74) is 1.000. The Morgan fingerprint density at radius 2 is 1.51 bits per heavy atom. The van der Waals surface area contributed by atoms with Crippen molar-refractivity contribution in [2.75, 3.05) is 13.7 Å². The topological polar surface area (TPSA) is 135 Å². The highest BCUT2D eigenvalue weighted by Gasteiger charge is 2.55. The van der Waals surface area contributed by atoms with E-state index in [4.69, 9.17) is 23.1 Å². The first kappa shape index (κ1) is 28.4. The summed E-state index contributed by atoms with van der Waals surface area (Å²) in [5.74, 6) is -3.20. The van der Waals surface area contributed by atoms with E-state index in [2.05, 4.69) is 0 Å². The molecule has 206 valence electrons. The molecular formula is C28H28O10S. The molecule has 0 radical (unpaired) electrons. The van der Waals surface area contributed by atoms with Crippen molar-refractivity contribution in [2.45, 2.75) is 36.4 Å². The van der Waals surface area contributed by atoms with Crippen LogP contribution in [0.3, 0.4) is 0 Å². The number of aryl methyl sites for hydroxylation is 1. The molecule has 1 saturated heterocycles. The number of hydrogen-bond donors (Lipinski definition) is 1. The zero-order valence-corrected chi connectivity index (χ0v) is 22.0. The summed E-state index contributed by atoms with van der Waals surface area (Å²) in [6, 6.07) is 21.9. The van der Waals surface area contributed by atoms with E-state index in [1.54, 1.807) is 55.5 Å². The highest BCUT2D eigenvalue weighted by molar-refractivity contribution is 7.86. The summed E-state index contributed by atoms with van der Waals surface area (Å²) in [5, 5.41) is 10.1. The van der Waals surface area contributed by atoms with E-state index in [1.165, 1.54) is 43.5 Å². The van der Waals surface area contributed by atoms with Crippen molar-refractivity contribution >= 4 is 22.1 Å². The van der Waals surface area contributed by atoms with Gasteiger partial charge in [-0.1, -0.05) is 54.1 Å². The molecule has 5 unspecified atom stereocenters. The molecular weight excluding hydrogens is 528 g/mol. The SMILES string of the molecule is COC1OC(CO)C(OS(=O)(=O)c2ccc(C)cc2)C(C(=O)Oc2ccccc2)C1OC(=O)c1ccccc1. The molecule has 5 atom stereocenters. The van der Waals surface area contributed by atoms with Gasteiger partial charge in [-0.3, -0.25) is 8.98 Å². The van der Waals surface area contributed by atoms with Gasteiger partial charge in [-0.05, 0) is 43.3 Å². The molecule has 10 nitrogen and oxygen atoms in total. The van der Waals surface area contributed by atoms with Gasteiger partial charge in [0.05, 0.1) is 17.1 Å². The Balaban J connectivity index is 1.74. The van der Waals surface area contributed by atoms with Crippen LogP contribution in [0, 0.1) is 12.8 Å². The Bertz CT molecular complexity index is 1360. The first-order chi connectivity index (χ1) is 18.7. The average molecular weight is 557 g/mol. The van der Waals surface area contributed by atoms with E-state index < -0.39 is 59.2 Å². The van der Waals surface area contributed by atoms with Crippen LogP contribution < -0.4 is 4.74 Å². The van der Waals surface area contributed by atoms with Crippen LogP contribution in [0.5, 0.6) is 5.75 Å². The average Bonchev–Trinajstić information content (AvgIpc) is 2.94. The van der Waals surface area contributed by atoms with Gasteiger partial charge in [0, 0.05) is 7.11 Å². The summed E-state index contributed by atoms with van der Waals surface area (Å²) in [6.45, 7) is 1.06. The van der Waals surface area contributed by atoms with Crippen LogP contribution >= 0.6 is 0 Å². The Labute approximate surface area is 226 Å². The number of carbonyl (C=O) groups excluding carboxylic acids is 2. The monoisotopic (exact) mass is 556 g/mol. The van der Waals surface area contributed by atoms with Crippen molar-refractivity contribution in [1.29, 1.82) is 0 Å². The van der Waals surface area contributed by atoms with E-state index in [9.17, 15) is 23.1 Å². The van der Waals surface area contributed by atoms with Gasteiger partial charge in [0.2, 0.25) is 0 Å². The van der Waals surface area contributed by atoms with E-state index >= 15 is 0 Å². The van der Waals surface area contributed by atoms with E-state index in [0.717, 1.165) is 5.56 Å². The molecule has 39 heavy (non-hydrogen) atoms. The second kappa shape index (κ2) is 12.5. The van der Waals surface area contributed by atoms with Gasteiger partial charge in [-0.15, -0.1) is 0 Å². The minimum atomic E-state index is -4.47. The number of hydrogen-bond acceptors (Lipinski definition) is 10. The zero-order chi connectivity index (χ0) is 28.0. The third kappa shape index (κ3) is 6.70. The lowest BCUT2D eigenvalue weighted by molar-refractivity contribution is -0.275. The van der Waals surface area contributed by atoms with Crippen molar-refractivity contribution in [3.8, 4) is 5.75 Å². The number of aliphatic hydroxyl groups is 1. The lowest BCUT2D eigenvalue weighted by Gasteiger charge is -2.43. The maximum Gasteiger partial charge on any atom is 0.338 e. The van der Waals surface area contributed by atoms with Crippen LogP contribution in [0.2, 0.25) is 0 Å². The number of aliphatic hydroxyl groups excluding tert-OH is 1. The van der Waals surface area contributed by atoms with Gasteiger partial charge < -0.3 is 24.1 Å². The molecule has 0 amide bonds. The second-order valence-electron chi connectivity index (χ2n) is 8.79. The standard InChI is InChI=1S/C28H28O10S/c1-18-13-15-21(16-14-18)39(32,33)38-24-22(17-29)36-28(34-2)25(37-26(30)19-9-5-3-6-10-19)23(24)27(31)35-20-11-7-4-8-12-20/h3-16,22-25,28-29H,17H2,1-2H3. The van der Waals surface area contributed by atoms with Crippen molar-refractivity contribution in [1.82, 2.24) is 0 Å². The molecule has 1 aliphatic rings.